The Morgan fingerprint density at radius 3 is 2.90 bits per heavy atom. The van der Waals surface area contributed by atoms with E-state index in [4.69, 9.17) is 0 Å². The summed E-state index contributed by atoms with van der Waals surface area (Å²) < 4.78 is 15.0. The maximum absolute atomic E-state index is 13.1. The van der Waals surface area contributed by atoms with Crippen LogP contribution < -0.4 is 10.6 Å². The van der Waals surface area contributed by atoms with Crippen molar-refractivity contribution in [1.82, 2.24) is 24.9 Å². The van der Waals surface area contributed by atoms with Crippen molar-refractivity contribution in [3.8, 4) is 0 Å². The van der Waals surface area contributed by atoms with Gasteiger partial charge in [0.1, 0.15) is 11.5 Å². The summed E-state index contributed by atoms with van der Waals surface area (Å²) >= 11 is 0. The van der Waals surface area contributed by atoms with Gasteiger partial charge in [-0.2, -0.15) is 0 Å². The number of fused-ring (bicyclic) bond motifs is 1. The highest BCUT2D eigenvalue weighted by molar-refractivity contribution is 5.88. The number of carbonyl (C=O) groups excluding carboxylic acids is 2. The number of halogens is 1. The number of pyridine rings is 1. The topological polar surface area (TPSA) is 78.7 Å². The first kappa shape index (κ1) is 19.1. The number of aromatic nitrogens is 2. The molecule has 8 heteroatoms. The van der Waals surface area contributed by atoms with Gasteiger partial charge in [-0.1, -0.05) is 18.2 Å². The largest absolute Gasteiger partial charge is 0.353 e. The fourth-order valence-electron chi connectivity index (χ4n) is 3.55. The first-order valence-corrected chi connectivity index (χ1v) is 9.54. The Hall–Kier alpha value is -3.26. The Labute approximate surface area is 167 Å². The van der Waals surface area contributed by atoms with E-state index in [0.29, 0.717) is 26.2 Å². The van der Waals surface area contributed by atoms with Crippen LogP contribution in [0, 0.1) is 5.82 Å². The average Bonchev–Trinajstić information content (AvgIpc) is 3.14. The summed E-state index contributed by atoms with van der Waals surface area (Å²) in [5.74, 6) is -0.668. The molecule has 0 spiro atoms. The predicted molar refractivity (Wildman–Crippen MR) is 105 cm³/mol. The third-order valence-electron chi connectivity index (χ3n) is 5.08. The summed E-state index contributed by atoms with van der Waals surface area (Å²) in [4.78, 5) is 31.2. The summed E-state index contributed by atoms with van der Waals surface area (Å²) in [5, 5.41) is 5.70. The monoisotopic (exact) mass is 395 g/mol. The van der Waals surface area contributed by atoms with Gasteiger partial charge in [0, 0.05) is 25.8 Å². The Bertz CT molecular complexity index is 1020. The number of rotatable bonds is 6. The second kappa shape index (κ2) is 8.40. The average molecular weight is 395 g/mol. The summed E-state index contributed by atoms with van der Waals surface area (Å²) in [5.41, 5.74) is 2.58. The van der Waals surface area contributed by atoms with E-state index < -0.39 is 6.04 Å². The maximum Gasteiger partial charge on any atom is 0.237 e. The predicted octanol–water partition coefficient (Wildman–Crippen LogP) is 1.48. The molecule has 0 aliphatic carbocycles. The fraction of sp³-hybridized carbons (Fsp3) is 0.286. The lowest BCUT2D eigenvalue weighted by Crippen LogP contribution is -2.56. The second-order valence-corrected chi connectivity index (χ2v) is 7.06. The van der Waals surface area contributed by atoms with E-state index >= 15 is 0 Å². The van der Waals surface area contributed by atoms with Crippen LogP contribution in [0.25, 0.3) is 5.65 Å². The van der Waals surface area contributed by atoms with E-state index in [-0.39, 0.29) is 24.1 Å². The van der Waals surface area contributed by atoms with Crippen LogP contribution in [0.3, 0.4) is 0 Å². The number of nitrogens with one attached hydrogen (secondary N) is 2. The molecule has 0 saturated carbocycles. The zero-order valence-corrected chi connectivity index (χ0v) is 15.8. The number of nitrogens with zero attached hydrogens (tertiary/aromatic N) is 3. The number of piperazine rings is 1. The van der Waals surface area contributed by atoms with Gasteiger partial charge in [0.2, 0.25) is 11.8 Å². The highest BCUT2D eigenvalue weighted by Gasteiger charge is 2.31. The molecule has 1 aliphatic heterocycles. The second-order valence-electron chi connectivity index (χ2n) is 7.06. The zero-order chi connectivity index (χ0) is 20.2. The normalized spacial score (nSPS) is 17.3. The first-order valence-electron chi connectivity index (χ1n) is 9.54. The summed E-state index contributed by atoms with van der Waals surface area (Å²) in [7, 11) is 0. The van der Waals surface area contributed by atoms with Crippen molar-refractivity contribution in [3.05, 3.63) is 71.9 Å². The molecule has 3 aromatic rings. The van der Waals surface area contributed by atoms with Crippen LogP contribution in [0.1, 0.15) is 17.7 Å². The Morgan fingerprint density at radius 2 is 2.07 bits per heavy atom. The third kappa shape index (κ3) is 4.43. The summed E-state index contributed by atoms with van der Waals surface area (Å²) in [6.45, 7) is 1.98. The summed E-state index contributed by atoms with van der Waals surface area (Å²) in [6.07, 6.45) is 3.68. The van der Waals surface area contributed by atoms with E-state index in [1.807, 2.05) is 33.7 Å². The van der Waals surface area contributed by atoms with E-state index in [0.717, 1.165) is 16.9 Å². The smallest absolute Gasteiger partial charge is 0.237 e. The van der Waals surface area contributed by atoms with Crippen molar-refractivity contribution in [3.63, 3.8) is 0 Å². The Kier molecular flexibility index (Phi) is 5.53. The van der Waals surface area contributed by atoms with Crippen LogP contribution in [0.2, 0.25) is 0 Å². The lowest BCUT2D eigenvalue weighted by atomic mass is 10.1. The van der Waals surface area contributed by atoms with E-state index in [9.17, 15) is 14.0 Å². The lowest BCUT2D eigenvalue weighted by molar-refractivity contribution is -0.134. The molecule has 1 atom stereocenters. The van der Waals surface area contributed by atoms with Gasteiger partial charge in [-0.25, -0.2) is 9.37 Å². The van der Waals surface area contributed by atoms with E-state index in [1.54, 1.807) is 18.3 Å². The molecule has 1 unspecified atom stereocenters. The highest BCUT2D eigenvalue weighted by atomic mass is 19.1. The van der Waals surface area contributed by atoms with Gasteiger partial charge in [-0.3, -0.25) is 14.5 Å². The van der Waals surface area contributed by atoms with Crippen LogP contribution >= 0.6 is 0 Å². The van der Waals surface area contributed by atoms with Crippen molar-refractivity contribution in [1.29, 1.82) is 0 Å². The summed E-state index contributed by atoms with van der Waals surface area (Å²) in [6, 6.07) is 11.3. The van der Waals surface area contributed by atoms with E-state index in [1.165, 1.54) is 12.1 Å². The van der Waals surface area contributed by atoms with Crippen molar-refractivity contribution in [2.75, 3.05) is 13.1 Å². The van der Waals surface area contributed by atoms with Crippen LogP contribution in [0.15, 0.2) is 54.9 Å². The molecule has 150 valence electrons. The van der Waals surface area contributed by atoms with Crippen LogP contribution in [-0.4, -0.2) is 45.2 Å². The molecule has 1 aliphatic rings. The molecule has 4 rings (SSSR count). The molecule has 7 nitrogen and oxygen atoms in total. The Balaban J connectivity index is 1.39. The molecule has 1 aromatic carbocycles. The molecule has 3 heterocycles. The molecule has 2 N–H and O–H groups in total. The molecular formula is C21H22FN5O2. The number of carbonyl (C=O) groups is 2. The Morgan fingerprint density at radius 1 is 1.24 bits per heavy atom. The molecule has 29 heavy (non-hydrogen) atoms. The van der Waals surface area contributed by atoms with Crippen LogP contribution in [0.5, 0.6) is 0 Å². The molecule has 1 fully saturated rings. The number of amides is 2. The van der Waals surface area contributed by atoms with Crippen molar-refractivity contribution in [2.45, 2.75) is 25.6 Å². The molecule has 2 amide bonds. The quantitative estimate of drug-likeness (QED) is 0.663. The molecule has 0 radical (unpaired) electrons. The van der Waals surface area contributed by atoms with Gasteiger partial charge >= 0.3 is 0 Å². The van der Waals surface area contributed by atoms with Crippen molar-refractivity contribution >= 4 is 17.5 Å². The molecule has 2 aromatic heterocycles. The first-order chi connectivity index (χ1) is 14.1. The van der Waals surface area contributed by atoms with Gasteiger partial charge in [-0.15, -0.1) is 0 Å². The molecule has 0 bridgehead atoms. The minimum Gasteiger partial charge on any atom is -0.353 e. The standard InChI is InChI=1S/C21H22FN5O2/c22-16-6-4-15(5-7-16)14-26-10-8-23-21(29)18(26)11-20(28)25-13-17-12-24-19-3-1-2-9-27(17)19/h1-7,9,12,18H,8,10-11,13-14H2,(H,23,29)(H,25,28). The zero-order valence-electron chi connectivity index (χ0n) is 15.8. The fourth-order valence-corrected chi connectivity index (χ4v) is 3.55. The van der Waals surface area contributed by atoms with E-state index in [2.05, 4.69) is 15.6 Å². The number of imidazole rings is 1. The third-order valence-corrected chi connectivity index (χ3v) is 5.08. The minimum absolute atomic E-state index is 0.0593. The van der Waals surface area contributed by atoms with Gasteiger partial charge in [0.05, 0.1) is 30.9 Å². The van der Waals surface area contributed by atoms with Gasteiger partial charge < -0.3 is 15.0 Å². The van der Waals surface area contributed by atoms with Crippen LogP contribution in [0.4, 0.5) is 4.39 Å². The van der Waals surface area contributed by atoms with Crippen molar-refractivity contribution < 1.29 is 14.0 Å². The lowest BCUT2D eigenvalue weighted by Gasteiger charge is -2.34. The van der Waals surface area contributed by atoms with Crippen molar-refractivity contribution in [2.24, 2.45) is 0 Å². The van der Waals surface area contributed by atoms with Crippen LogP contribution in [-0.2, 0) is 22.7 Å². The highest BCUT2D eigenvalue weighted by Crippen LogP contribution is 2.15. The minimum atomic E-state index is -0.559. The maximum atomic E-state index is 13.1. The number of benzene rings is 1. The molecule has 1 saturated heterocycles. The van der Waals surface area contributed by atoms with Gasteiger partial charge in [0.15, 0.2) is 0 Å². The number of hydrogen-bond donors (Lipinski definition) is 2. The van der Waals surface area contributed by atoms with Gasteiger partial charge in [0.25, 0.3) is 0 Å². The van der Waals surface area contributed by atoms with Gasteiger partial charge in [-0.05, 0) is 29.8 Å². The number of hydrogen-bond acceptors (Lipinski definition) is 4. The molecular weight excluding hydrogens is 373 g/mol. The SMILES string of the molecule is O=C(CC1C(=O)NCCN1Cc1ccc(F)cc1)NCc1cnc2ccccn12.